The van der Waals surface area contributed by atoms with Crippen LogP contribution in [0.25, 0.3) is 22.3 Å². The quantitative estimate of drug-likeness (QED) is 0.745. The molecule has 0 bridgehead atoms. The highest BCUT2D eigenvalue weighted by Crippen LogP contribution is 2.38. The standard InChI is InChI=1S/C16H14ClF2N3O/c1-3-7(2)13-12(17)11(8-4-5-9(18)10(19)6-8)14-15(20-13)22-16(23)21-14/h4-7H,3H2,1-2H3,(H2,20,21,22,23). The molecule has 3 aromatic rings. The van der Waals surface area contributed by atoms with E-state index < -0.39 is 17.3 Å². The molecule has 1 atom stereocenters. The Kier molecular flexibility index (Phi) is 3.93. The lowest BCUT2D eigenvalue weighted by Gasteiger charge is -2.14. The van der Waals surface area contributed by atoms with Crippen molar-refractivity contribution < 1.29 is 8.78 Å². The van der Waals surface area contributed by atoms with Gasteiger partial charge < -0.3 is 4.98 Å². The van der Waals surface area contributed by atoms with E-state index in [0.29, 0.717) is 33.0 Å². The maximum atomic E-state index is 13.6. The van der Waals surface area contributed by atoms with Crippen molar-refractivity contribution in [3.63, 3.8) is 0 Å². The topological polar surface area (TPSA) is 61.5 Å². The summed E-state index contributed by atoms with van der Waals surface area (Å²) in [5.74, 6) is -1.87. The molecule has 0 amide bonds. The summed E-state index contributed by atoms with van der Waals surface area (Å²) in [7, 11) is 0. The Hall–Kier alpha value is -2.21. The fourth-order valence-electron chi connectivity index (χ4n) is 2.49. The lowest BCUT2D eigenvalue weighted by molar-refractivity contribution is 0.509. The summed E-state index contributed by atoms with van der Waals surface area (Å²) in [6.07, 6.45) is 0.796. The number of halogens is 3. The minimum atomic E-state index is -0.980. The summed E-state index contributed by atoms with van der Waals surface area (Å²) < 4.78 is 26.8. The molecule has 1 unspecified atom stereocenters. The van der Waals surface area contributed by atoms with Crippen LogP contribution in [0.1, 0.15) is 31.9 Å². The second kappa shape index (κ2) is 5.77. The zero-order chi connectivity index (χ0) is 16.7. The molecule has 4 nitrogen and oxygen atoms in total. The van der Waals surface area contributed by atoms with Gasteiger partial charge in [0.15, 0.2) is 17.3 Å². The van der Waals surface area contributed by atoms with E-state index >= 15 is 0 Å². The van der Waals surface area contributed by atoms with E-state index in [0.717, 1.165) is 18.6 Å². The Morgan fingerprint density at radius 1 is 1.26 bits per heavy atom. The molecule has 23 heavy (non-hydrogen) atoms. The second-order valence-electron chi connectivity index (χ2n) is 5.43. The summed E-state index contributed by atoms with van der Waals surface area (Å²) in [4.78, 5) is 21.2. The van der Waals surface area contributed by atoms with Gasteiger partial charge in [-0.3, -0.25) is 4.98 Å². The Morgan fingerprint density at radius 3 is 2.65 bits per heavy atom. The van der Waals surface area contributed by atoms with Gasteiger partial charge in [0.25, 0.3) is 0 Å². The van der Waals surface area contributed by atoms with Crippen LogP contribution in [0.4, 0.5) is 8.78 Å². The van der Waals surface area contributed by atoms with Crippen LogP contribution in [-0.2, 0) is 0 Å². The number of H-pyrrole nitrogens is 2. The number of fused-ring (bicyclic) bond motifs is 1. The lowest BCUT2D eigenvalue weighted by atomic mass is 9.98. The summed E-state index contributed by atoms with van der Waals surface area (Å²) in [6, 6.07) is 3.51. The average Bonchev–Trinajstić information content (AvgIpc) is 2.88. The van der Waals surface area contributed by atoms with Crippen LogP contribution >= 0.6 is 11.6 Å². The van der Waals surface area contributed by atoms with Gasteiger partial charge in [-0.1, -0.05) is 31.5 Å². The molecular formula is C16H14ClF2N3O. The van der Waals surface area contributed by atoms with Crippen LogP contribution in [0.5, 0.6) is 0 Å². The molecule has 2 N–H and O–H groups in total. The molecule has 0 saturated carbocycles. The third kappa shape index (κ3) is 2.63. The van der Waals surface area contributed by atoms with Crippen molar-refractivity contribution >= 4 is 22.8 Å². The molecule has 120 valence electrons. The van der Waals surface area contributed by atoms with Crippen molar-refractivity contribution in [1.82, 2.24) is 15.0 Å². The van der Waals surface area contributed by atoms with Gasteiger partial charge in [0.2, 0.25) is 0 Å². The van der Waals surface area contributed by atoms with Crippen molar-refractivity contribution in [3.8, 4) is 11.1 Å². The first-order chi connectivity index (χ1) is 10.9. The summed E-state index contributed by atoms with van der Waals surface area (Å²) in [6.45, 7) is 3.95. The molecule has 3 rings (SSSR count). The molecular weight excluding hydrogens is 324 g/mol. The average molecular weight is 338 g/mol. The molecule has 0 aliphatic heterocycles. The molecule has 0 radical (unpaired) electrons. The van der Waals surface area contributed by atoms with Gasteiger partial charge in [0.1, 0.15) is 0 Å². The van der Waals surface area contributed by atoms with Crippen molar-refractivity contribution in [3.05, 3.63) is 51.0 Å². The van der Waals surface area contributed by atoms with E-state index in [1.807, 2.05) is 13.8 Å². The van der Waals surface area contributed by atoms with Gasteiger partial charge >= 0.3 is 5.69 Å². The van der Waals surface area contributed by atoms with Crippen LogP contribution in [-0.4, -0.2) is 15.0 Å². The molecule has 2 aromatic heterocycles. The van der Waals surface area contributed by atoms with E-state index in [4.69, 9.17) is 11.6 Å². The first kappa shape index (κ1) is 15.7. The number of hydrogen-bond acceptors (Lipinski definition) is 2. The highest BCUT2D eigenvalue weighted by Gasteiger charge is 2.21. The molecule has 0 aliphatic carbocycles. The molecule has 0 saturated heterocycles. The molecule has 7 heteroatoms. The molecule has 1 aromatic carbocycles. The van der Waals surface area contributed by atoms with Gasteiger partial charge in [0.05, 0.1) is 16.2 Å². The van der Waals surface area contributed by atoms with Gasteiger partial charge in [-0.05, 0) is 30.0 Å². The third-order valence-corrected chi connectivity index (χ3v) is 4.30. The number of imidazole rings is 1. The zero-order valence-electron chi connectivity index (χ0n) is 12.5. The Labute approximate surface area is 135 Å². The molecule has 0 spiro atoms. The SMILES string of the molecule is CCC(C)c1nc2[nH]c(=O)[nH]c2c(-c2ccc(F)c(F)c2)c1Cl. The van der Waals surface area contributed by atoms with Gasteiger partial charge in [0, 0.05) is 5.56 Å². The number of benzene rings is 1. The Morgan fingerprint density at radius 2 is 2.00 bits per heavy atom. The maximum absolute atomic E-state index is 13.6. The fraction of sp³-hybridized carbons (Fsp3) is 0.250. The smallest absolute Gasteiger partial charge is 0.304 e. The van der Waals surface area contributed by atoms with Crippen LogP contribution in [0.2, 0.25) is 5.02 Å². The first-order valence-electron chi connectivity index (χ1n) is 7.19. The van der Waals surface area contributed by atoms with Gasteiger partial charge in [-0.25, -0.2) is 18.6 Å². The van der Waals surface area contributed by atoms with E-state index in [1.165, 1.54) is 6.07 Å². The zero-order valence-corrected chi connectivity index (χ0v) is 13.3. The van der Waals surface area contributed by atoms with Crippen LogP contribution in [0.3, 0.4) is 0 Å². The first-order valence-corrected chi connectivity index (χ1v) is 7.57. The van der Waals surface area contributed by atoms with Gasteiger partial charge in [-0.15, -0.1) is 0 Å². The van der Waals surface area contributed by atoms with Crippen molar-refractivity contribution in [1.29, 1.82) is 0 Å². The van der Waals surface area contributed by atoms with Crippen LogP contribution in [0, 0.1) is 11.6 Å². The van der Waals surface area contributed by atoms with E-state index in [9.17, 15) is 13.6 Å². The largest absolute Gasteiger partial charge is 0.325 e. The monoisotopic (exact) mass is 337 g/mol. The Balaban J connectivity index is 2.39. The third-order valence-electron chi connectivity index (χ3n) is 3.92. The number of pyridine rings is 1. The summed E-state index contributed by atoms with van der Waals surface area (Å²) in [5, 5.41) is 0.327. The molecule has 2 heterocycles. The van der Waals surface area contributed by atoms with E-state index in [-0.39, 0.29) is 5.92 Å². The van der Waals surface area contributed by atoms with E-state index in [2.05, 4.69) is 15.0 Å². The van der Waals surface area contributed by atoms with Crippen LogP contribution < -0.4 is 5.69 Å². The lowest BCUT2D eigenvalue weighted by Crippen LogP contribution is -2.00. The number of hydrogen-bond donors (Lipinski definition) is 2. The molecule has 0 fully saturated rings. The number of nitrogens with zero attached hydrogens (tertiary/aromatic N) is 1. The van der Waals surface area contributed by atoms with E-state index in [1.54, 1.807) is 0 Å². The minimum Gasteiger partial charge on any atom is -0.304 e. The predicted octanol–water partition coefficient (Wildman–Crippen LogP) is 4.36. The van der Waals surface area contributed by atoms with Gasteiger partial charge in [-0.2, -0.15) is 0 Å². The maximum Gasteiger partial charge on any atom is 0.325 e. The van der Waals surface area contributed by atoms with Crippen LogP contribution in [0.15, 0.2) is 23.0 Å². The van der Waals surface area contributed by atoms with Crippen molar-refractivity contribution in [2.45, 2.75) is 26.2 Å². The van der Waals surface area contributed by atoms with Crippen molar-refractivity contribution in [2.24, 2.45) is 0 Å². The minimum absolute atomic E-state index is 0.0503. The normalized spacial score (nSPS) is 12.7. The summed E-state index contributed by atoms with van der Waals surface area (Å²) in [5.41, 5.74) is 1.70. The Bertz CT molecular complexity index is 948. The number of aromatic amines is 2. The highest BCUT2D eigenvalue weighted by atomic mass is 35.5. The number of rotatable bonds is 3. The number of aromatic nitrogens is 3. The highest BCUT2D eigenvalue weighted by molar-refractivity contribution is 6.35. The summed E-state index contributed by atoms with van der Waals surface area (Å²) >= 11 is 6.48. The predicted molar refractivity (Wildman–Crippen MR) is 85.8 cm³/mol. The molecule has 0 aliphatic rings. The number of nitrogens with one attached hydrogen (secondary N) is 2. The fourth-order valence-corrected chi connectivity index (χ4v) is 2.92. The van der Waals surface area contributed by atoms with Crippen molar-refractivity contribution in [2.75, 3.05) is 0 Å². The second-order valence-corrected chi connectivity index (χ2v) is 5.80.